The van der Waals surface area contributed by atoms with Crippen molar-refractivity contribution in [3.8, 4) is 0 Å². The Balaban J connectivity index is -0.000000125. The normalized spacial score (nSPS) is 7.50. The van der Waals surface area contributed by atoms with E-state index < -0.39 is 6.10 Å². The molecule has 0 saturated carbocycles. The van der Waals surface area contributed by atoms with Crippen LogP contribution in [0.25, 0.3) is 0 Å². The van der Waals surface area contributed by atoms with Crippen LogP contribution >= 0.6 is 0 Å². The average molecular weight is 133 g/mol. The molecule has 5 heteroatoms. The second-order valence-corrected chi connectivity index (χ2v) is 1.02. The summed E-state index contributed by atoms with van der Waals surface area (Å²) in [6.45, 7) is -0.729. The van der Waals surface area contributed by atoms with Crippen molar-refractivity contribution >= 4 is 29.6 Å². The fraction of sp³-hybridized carbons (Fsp3) is 1.00. The first kappa shape index (κ1) is 15.9. The zero-order valence-corrected chi connectivity index (χ0v) is 6.83. The Hall–Kier alpha value is 0.840. The number of rotatable bonds is 2. The van der Waals surface area contributed by atoms with Crippen LogP contribution in [0.15, 0.2) is 0 Å². The van der Waals surface area contributed by atoms with E-state index in [1.54, 1.807) is 0 Å². The minimum Gasteiger partial charge on any atom is -0.412 e. The first-order chi connectivity index (χ1) is 2.81. The molecular formula is C3H10NaO4. The molecule has 0 saturated heterocycles. The van der Waals surface area contributed by atoms with Gasteiger partial charge in [-0.05, 0) is 0 Å². The van der Waals surface area contributed by atoms with Gasteiger partial charge in [0.15, 0.2) is 0 Å². The molecule has 0 bridgehead atoms. The van der Waals surface area contributed by atoms with E-state index in [0.29, 0.717) is 0 Å². The van der Waals surface area contributed by atoms with Gasteiger partial charge in [-0.2, -0.15) is 0 Å². The van der Waals surface area contributed by atoms with Crippen molar-refractivity contribution in [3.63, 3.8) is 0 Å². The summed E-state index contributed by atoms with van der Waals surface area (Å²) in [5.74, 6) is 0. The van der Waals surface area contributed by atoms with Crippen LogP contribution in [0, 0.1) is 0 Å². The maximum absolute atomic E-state index is 8.17. The number of aliphatic hydroxyl groups is 3. The molecule has 0 rings (SSSR count). The molecule has 0 amide bonds. The molecule has 47 valence electrons. The van der Waals surface area contributed by atoms with Crippen molar-refractivity contribution in [3.05, 3.63) is 0 Å². The molecule has 0 aliphatic rings. The molecule has 0 fully saturated rings. The van der Waals surface area contributed by atoms with Crippen LogP contribution < -0.4 is 0 Å². The second kappa shape index (κ2) is 10.8. The van der Waals surface area contributed by atoms with Crippen molar-refractivity contribution in [2.45, 2.75) is 6.10 Å². The predicted octanol–water partition coefficient (Wildman–Crippen LogP) is -2.87. The van der Waals surface area contributed by atoms with E-state index in [2.05, 4.69) is 0 Å². The minimum atomic E-state index is -0.954. The van der Waals surface area contributed by atoms with E-state index >= 15 is 0 Å². The maximum atomic E-state index is 8.17. The van der Waals surface area contributed by atoms with E-state index in [4.69, 9.17) is 15.3 Å². The Morgan fingerprint density at radius 1 is 1.12 bits per heavy atom. The van der Waals surface area contributed by atoms with Crippen molar-refractivity contribution in [2.24, 2.45) is 0 Å². The summed E-state index contributed by atoms with van der Waals surface area (Å²) in [6.07, 6.45) is -0.954. The molecule has 0 spiro atoms. The van der Waals surface area contributed by atoms with Gasteiger partial charge in [-0.1, -0.05) is 0 Å². The second-order valence-electron chi connectivity index (χ2n) is 1.02. The summed E-state index contributed by atoms with van der Waals surface area (Å²) in [4.78, 5) is 0. The van der Waals surface area contributed by atoms with Crippen LogP contribution in [-0.4, -0.2) is 69.7 Å². The summed E-state index contributed by atoms with van der Waals surface area (Å²) in [5.41, 5.74) is 0. The van der Waals surface area contributed by atoms with Gasteiger partial charge in [-0.25, -0.2) is 0 Å². The van der Waals surface area contributed by atoms with Crippen molar-refractivity contribution in [1.29, 1.82) is 0 Å². The zero-order chi connectivity index (χ0) is 4.99. The van der Waals surface area contributed by atoms with E-state index in [1.165, 1.54) is 0 Å². The molecule has 1 radical (unpaired) electrons. The Morgan fingerprint density at radius 2 is 1.38 bits per heavy atom. The van der Waals surface area contributed by atoms with E-state index in [1.807, 2.05) is 0 Å². The van der Waals surface area contributed by atoms with Gasteiger partial charge in [0.05, 0.1) is 13.2 Å². The van der Waals surface area contributed by atoms with Crippen LogP contribution in [0.4, 0.5) is 0 Å². The largest absolute Gasteiger partial charge is 0.412 e. The fourth-order valence-corrected chi connectivity index (χ4v) is 0.0577. The first-order valence-corrected chi connectivity index (χ1v) is 1.71. The molecule has 0 aromatic rings. The van der Waals surface area contributed by atoms with Gasteiger partial charge < -0.3 is 20.8 Å². The van der Waals surface area contributed by atoms with Gasteiger partial charge in [0.1, 0.15) is 6.10 Å². The topological polar surface area (TPSA) is 92.2 Å². The maximum Gasteiger partial charge on any atom is 0.100 e. The van der Waals surface area contributed by atoms with Crippen molar-refractivity contribution in [2.75, 3.05) is 13.2 Å². The van der Waals surface area contributed by atoms with E-state index in [-0.39, 0.29) is 48.2 Å². The van der Waals surface area contributed by atoms with E-state index in [9.17, 15) is 0 Å². The Kier molecular flexibility index (Phi) is 21.4. The van der Waals surface area contributed by atoms with Crippen molar-refractivity contribution < 1.29 is 20.8 Å². The summed E-state index contributed by atoms with van der Waals surface area (Å²) in [5, 5.41) is 24.0. The Labute approximate surface area is 69.7 Å². The molecule has 5 N–H and O–H groups in total. The third-order valence-corrected chi connectivity index (χ3v) is 0.421. The van der Waals surface area contributed by atoms with Crippen LogP contribution in [-0.2, 0) is 0 Å². The Bertz CT molecular complexity index is 30.5. The molecule has 0 aliphatic heterocycles. The standard InChI is InChI=1S/C3H8O3.Na.H2O/c4-1-3(6)2-5;;/h3-6H,1-2H2;;1H2. The smallest absolute Gasteiger partial charge is 0.100 e. The molecule has 0 aromatic carbocycles. The van der Waals surface area contributed by atoms with Crippen LogP contribution in [0.3, 0.4) is 0 Å². The Morgan fingerprint density at radius 3 is 1.38 bits per heavy atom. The fourth-order valence-electron chi connectivity index (χ4n) is 0.0577. The van der Waals surface area contributed by atoms with Gasteiger partial charge >= 0.3 is 0 Å². The van der Waals surface area contributed by atoms with Gasteiger partial charge in [-0.15, -0.1) is 0 Å². The first-order valence-electron chi connectivity index (χ1n) is 1.71. The number of aliphatic hydroxyl groups excluding tert-OH is 3. The monoisotopic (exact) mass is 133 g/mol. The van der Waals surface area contributed by atoms with E-state index in [0.717, 1.165) is 0 Å². The molecule has 0 aromatic heterocycles. The summed E-state index contributed by atoms with van der Waals surface area (Å²) in [7, 11) is 0. The number of hydrogen-bond acceptors (Lipinski definition) is 3. The summed E-state index contributed by atoms with van der Waals surface area (Å²) in [6, 6.07) is 0. The molecule has 0 unspecified atom stereocenters. The molecule has 0 aliphatic carbocycles. The predicted molar refractivity (Wildman–Crippen MR) is 29.5 cm³/mol. The van der Waals surface area contributed by atoms with Crippen LogP contribution in [0.2, 0.25) is 0 Å². The molecule has 0 heterocycles. The number of hydrogen-bond donors (Lipinski definition) is 3. The quantitative estimate of drug-likeness (QED) is 0.353. The SMILES string of the molecule is O.OCC(O)CO.[Na]. The van der Waals surface area contributed by atoms with Crippen molar-refractivity contribution in [1.82, 2.24) is 0 Å². The average Bonchev–Trinajstić information content (AvgIpc) is 1.65. The van der Waals surface area contributed by atoms with Gasteiger partial charge in [-0.3, -0.25) is 0 Å². The molecule has 8 heavy (non-hydrogen) atoms. The van der Waals surface area contributed by atoms with Gasteiger partial charge in [0.2, 0.25) is 0 Å². The summed E-state index contributed by atoms with van der Waals surface area (Å²) < 4.78 is 0. The van der Waals surface area contributed by atoms with Gasteiger partial charge in [0, 0.05) is 29.6 Å². The third kappa shape index (κ3) is 9.96. The van der Waals surface area contributed by atoms with Gasteiger partial charge in [0.25, 0.3) is 0 Å². The zero-order valence-electron chi connectivity index (χ0n) is 4.83. The minimum absolute atomic E-state index is 0. The third-order valence-electron chi connectivity index (χ3n) is 0.421. The van der Waals surface area contributed by atoms with Crippen LogP contribution in [0.1, 0.15) is 0 Å². The molecular weight excluding hydrogens is 123 g/mol. The molecule has 0 atom stereocenters. The van der Waals surface area contributed by atoms with Crippen LogP contribution in [0.5, 0.6) is 0 Å². The summed E-state index contributed by atoms with van der Waals surface area (Å²) >= 11 is 0. The molecule has 4 nitrogen and oxygen atoms in total.